The zero-order chi connectivity index (χ0) is 26.3. The van der Waals surface area contributed by atoms with Crippen LogP contribution in [0.25, 0.3) is 0 Å². The molecule has 2 aromatic carbocycles. The molecule has 2 aromatic rings. The maximum absolute atomic E-state index is 13.7. The van der Waals surface area contributed by atoms with Crippen molar-refractivity contribution in [3.05, 3.63) is 64.2 Å². The minimum Gasteiger partial charge on any atom is -0.508 e. The highest BCUT2D eigenvalue weighted by atomic mass is 19.1. The van der Waals surface area contributed by atoms with Crippen LogP contribution in [0, 0.1) is 18.7 Å². The summed E-state index contributed by atoms with van der Waals surface area (Å²) in [5.41, 5.74) is 0.245. The minimum atomic E-state index is -1.28. The van der Waals surface area contributed by atoms with Gasteiger partial charge in [-0.25, -0.2) is 4.39 Å². The van der Waals surface area contributed by atoms with Crippen molar-refractivity contribution in [1.82, 2.24) is 4.90 Å². The summed E-state index contributed by atoms with van der Waals surface area (Å²) in [7, 11) is 0. The summed E-state index contributed by atoms with van der Waals surface area (Å²) >= 11 is 0. The molecule has 2 aliphatic heterocycles. The Labute approximate surface area is 215 Å². The number of hydrogen-bond donors (Lipinski definition) is 4. The molecule has 2 bridgehead atoms. The number of phenolic OH excluding ortho intramolecular Hbond substituents is 1. The number of ether oxygens (including phenoxy) is 1. The minimum absolute atomic E-state index is 0.0357. The number of nitrogens with one attached hydrogen (secondary N) is 1. The molecule has 1 amide bonds. The molecule has 37 heavy (non-hydrogen) atoms. The quantitative estimate of drug-likeness (QED) is 0.358. The van der Waals surface area contributed by atoms with Crippen molar-refractivity contribution >= 4 is 11.6 Å². The summed E-state index contributed by atoms with van der Waals surface area (Å²) in [5.74, 6) is -0.331. The van der Waals surface area contributed by atoms with Crippen LogP contribution in [0.1, 0.15) is 49.8 Å². The zero-order valence-electron chi connectivity index (χ0n) is 21.3. The van der Waals surface area contributed by atoms with Crippen LogP contribution >= 0.6 is 0 Å². The smallest absolute Gasteiger partial charge is 0.254 e. The lowest BCUT2D eigenvalue weighted by Crippen LogP contribution is -2.73. The van der Waals surface area contributed by atoms with Gasteiger partial charge in [0.1, 0.15) is 11.6 Å². The van der Waals surface area contributed by atoms with Gasteiger partial charge in [-0.1, -0.05) is 6.07 Å². The summed E-state index contributed by atoms with van der Waals surface area (Å²) in [5, 5.41) is 37.2. The molecule has 2 heterocycles. The van der Waals surface area contributed by atoms with Gasteiger partial charge in [-0.3, -0.25) is 9.69 Å². The Hall–Kier alpha value is -3.10. The predicted molar refractivity (Wildman–Crippen MR) is 136 cm³/mol. The Morgan fingerprint density at radius 3 is 2.73 bits per heavy atom. The molecular formula is C29H33FN2O5. The molecule has 1 spiro atoms. The number of fused-ring (bicyclic) bond motifs is 1. The second-order valence-corrected chi connectivity index (χ2v) is 11.4. The molecule has 1 saturated carbocycles. The molecule has 4 aliphatic rings. The van der Waals surface area contributed by atoms with E-state index >= 15 is 0 Å². The van der Waals surface area contributed by atoms with E-state index in [1.807, 2.05) is 6.07 Å². The van der Waals surface area contributed by atoms with Gasteiger partial charge in [-0.15, -0.1) is 0 Å². The molecule has 196 valence electrons. The fourth-order valence-corrected chi connectivity index (χ4v) is 6.83. The van der Waals surface area contributed by atoms with Crippen LogP contribution in [0.4, 0.5) is 10.1 Å². The van der Waals surface area contributed by atoms with Gasteiger partial charge in [0.15, 0.2) is 17.6 Å². The topological polar surface area (TPSA) is 102 Å². The number of carbonyl (C=O) groups is 1. The monoisotopic (exact) mass is 508 g/mol. The number of amides is 1. The number of anilines is 1. The van der Waals surface area contributed by atoms with E-state index < -0.39 is 23.0 Å². The Bertz CT molecular complexity index is 1330. The fraction of sp³-hybridized carbons (Fsp3) is 0.483. The summed E-state index contributed by atoms with van der Waals surface area (Å²) in [6.07, 6.45) is 2.50. The number of nitrogens with zero attached hydrogens (tertiary/aromatic N) is 1. The van der Waals surface area contributed by atoms with Crippen LogP contribution in [0.3, 0.4) is 0 Å². The third kappa shape index (κ3) is 3.49. The van der Waals surface area contributed by atoms with Crippen molar-refractivity contribution in [3.63, 3.8) is 0 Å². The third-order valence-electron chi connectivity index (χ3n) is 9.13. The number of benzene rings is 2. The van der Waals surface area contributed by atoms with Gasteiger partial charge in [-0.05, 0) is 94.3 Å². The highest BCUT2D eigenvalue weighted by Crippen LogP contribution is 2.63. The zero-order valence-corrected chi connectivity index (χ0v) is 21.3. The second kappa shape index (κ2) is 8.20. The Morgan fingerprint density at radius 2 is 2.03 bits per heavy atom. The van der Waals surface area contributed by atoms with Gasteiger partial charge in [-0.2, -0.15) is 0 Å². The van der Waals surface area contributed by atoms with Crippen molar-refractivity contribution in [2.45, 2.75) is 69.6 Å². The molecule has 2 fully saturated rings. The number of halogens is 1. The summed E-state index contributed by atoms with van der Waals surface area (Å²) < 4.78 is 19.9. The van der Waals surface area contributed by atoms with E-state index in [2.05, 4.69) is 10.2 Å². The van der Waals surface area contributed by atoms with Crippen LogP contribution in [-0.2, 0) is 16.6 Å². The molecule has 1 saturated heterocycles. The van der Waals surface area contributed by atoms with Crippen LogP contribution < -0.4 is 10.1 Å². The van der Waals surface area contributed by atoms with Gasteiger partial charge in [0, 0.05) is 23.8 Å². The number of aliphatic hydroxyl groups excluding tert-OH is 1. The predicted octanol–water partition coefficient (Wildman–Crippen LogP) is 4.10. The molecule has 4 N–H and O–H groups in total. The summed E-state index contributed by atoms with van der Waals surface area (Å²) in [6.45, 7) is 6.57. The van der Waals surface area contributed by atoms with Crippen molar-refractivity contribution in [1.29, 1.82) is 0 Å². The average molecular weight is 509 g/mol. The van der Waals surface area contributed by atoms with Crippen molar-refractivity contribution in [2.75, 3.05) is 18.4 Å². The average Bonchev–Trinajstić information content (AvgIpc) is 3.59. The van der Waals surface area contributed by atoms with Gasteiger partial charge in [0.25, 0.3) is 5.91 Å². The van der Waals surface area contributed by atoms with Crippen molar-refractivity contribution < 1.29 is 29.2 Å². The number of phenols is 1. The number of aromatic hydroxyl groups is 1. The van der Waals surface area contributed by atoms with E-state index in [1.54, 1.807) is 19.9 Å². The SMILES string of the molecule is C/C(C(=O)Nc1ccc(F)c(C)c1)=C(/O)[C@@H]1Oc2c(O)ccc3c2[C@@]12CCN(CC1CC1)[C@H](C3)[C@@]2(C)O. The molecule has 7 nitrogen and oxygen atoms in total. The Balaban J connectivity index is 1.41. The Kier molecular flexibility index (Phi) is 5.37. The molecule has 6 rings (SSSR count). The fourth-order valence-electron chi connectivity index (χ4n) is 6.83. The van der Waals surface area contributed by atoms with Gasteiger partial charge in [0.05, 0.1) is 16.6 Å². The lowest BCUT2D eigenvalue weighted by Gasteiger charge is -2.59. The first kappa shape index (κ1) is 24.2. The molecule has 0 unspecified atom stereocenters. The first-order chi connectivity index (χ1) is 17.5. The number of likely N-dealkylation sites (tertiary alicyclic amines) is 1. The van der Waals surface area contributed by atoms with Gasteiger partial charge >= 0.3 is 0 Å². The summed E-state index contributed by atoms with van der Waals surface area (Å²) in [4.78, 5) is 15.5. The molecule has 2 aliphatic carbocycles. The first-order valence-corrected chi connectivity index (χ1v) is 13.0. The molecule has 8 heteroatoms. The number of aryl methyl sites for hydroxylation is 1. The number of rotatable bonds is 5. The number of aliphatic hydroxyl groups is 2. The lowest BCUT2D eigenvalue weighted by molar-refractivity contribution is -0.153. The largest absolute Gasteiger partial charge is 0.508 e. The standard InChI is InChI=1S/C29H33FN2O5/c1-15-12-19(7-8-20(15)30)31-27(35)16(2)24(34)26-29-10-11-32(14-17-4-5-17)22(28(29,3)36)13-18-6-9-21(33)25(37-26)23(18)29/h6-9,12,17,22,26,33-34,36H,4-5,10-11,13-14H2,1-3H3,(H,31,35)/b24-16-/t22-,26+,28-,29+/m1/s1. The third-order valence-corrected chi connectivity index (χ3v) is 9.13. The molecular weight excluding hydrogens is 475 g/mol. The van der Waals surface area contributed by atoms with E-state index in [4.69, 9.17) is 4.74 Å². The highest BCUT2D eigenvalue weighted by molar-refractivity contribution is 6.03. The van der Waals surface area contributed by atoms with Crippen LogP contribution in [-0.4, -0.2) is 57.0 Å². The van der Waals surface area contributed by atoms with E-state index in [0.717, 1.165) is 24.2 Å². The van der Waals surface area contributed by atoms with Crippen molar-refractivity contribution in [3.8, 4) is 11.5 Å². The van der Waals surface area contributed by atoms with Gasteiger partial charge < -0.3 is 25.4 Å². The maximum atomic E-state index is 13.7. The van der Waals surface area contributed by atoms with Crippen molar-refractivity contribution in [2.24, 2.45) is 5.92 Å². The molecule has 0 aromatic heterocycles. The van der Waals surface area contributed by atoms with Crippen LogP contribution in [0.5, 0.6) is 11.5 Å². The molecule has 4 atom stereocenters. The van der Waals surface area contributed by atoms with E-state index in [-0.39, 0.29) is 34.7 Å². The molecule has 0 radical (unpaired) electrons. The second-order valence-electron chi connectivity index (χ2n) is 11.4. The van der Waals surface area contributed by atoms with E-state index in [0.29, 0.717) is 30.0 Å². The number of carbonyl (C=O) groups excluding carboxylic acids is 1. The number of piperidine rings is 1. The van der Waals surface area contributed by atoms with E-state index in [9.17, 15) is 24.5 Å². The van der Waals surface area contributed by atoms with E-state index in [1.165, 1.54) is 38.0 Å². The number of hydrogen-bond acceptors (Lipinski definition) is 6. The maximum Gasteiger partial charge on any atom is 0.254 e. The Morgan fingerprint density at radius 1 is 1.27 bits per heavy atom. The normalized spacial score (nSPS) is 30.8. The lowest BCUT2D eigenvalue weighted by atomic mass is 9.53. The first-order valence-electron chi connectivity index (χ1n) is 13.0. The summed E-state index contributed by atoms with van der Waals surface area (Å²) in [6, 6.07) is 7.56. The highest BCUT2D eigenvalue weighted by Gasteiger charge is 2.69. The van der Waals surface area contributed by atoms with Crippen LogP contribution in [0.2, 0.25) is 0 Å². The van der Waals surface area contributed by atoms with Gasteiger partial charge in [0.2, 0.25) is 0 Å². The van der Waals surface area contributed by atoms with Crippen LogP contribution in [0.15, 0.2) is 41.7 Å².